The third-order valence-electron chi connectivity index (χ3n) is 7.16. The second-order valence-electron chi connectivity index (χ2n) is 10.8. The largest absolute Gasteiger partial charge is 0.497 e. The molecule has 0 amide bonds. The lowest BCUT2D eigenvalue weighted by Crippen LogP contribution is -2.02. The molecule has 0 aliphatic carbocycles. The number of aromatic carboxylic acids is 2. The molecule has 266 valence electrons. The minimum absolute atomic E-state index is 0.106. The highest BCUT2D eigenvalue weighted by atomic mass is 32.2. The van der Waals surface area contributed by atoms with E-state index in [1.807, 2.05) is 48.5 Å². The first-order chi connectivity index (χ1) is 24.1. The number of aliphatic hydroxyl groups is 1. The van der Waals surface area contributed by atoms with Crippen LogP contribution in [0, 0.1) is 0 Å². The van der Waals surface area contributed by atoms with Crippen LogP contribution in [-0.4, -0.2) is 60.7 Å². The maximum atomic E-state index is 11.2. The molecule has 3 N–H and O–H groups in total. The SMILES string of the molecule is C1CCOC1.COc1ccc(CSc2cc(C(=O)O)ccc2CO)cc1.COc1ccc(CSc2cc(C(=O)O)ccc2COC(C)=O)cc1. The summed E-state index contributed by atoms with van der Waals surface area (Å²) in [4.78, 5) is 34.8. The van der Waals surface area contributed by atoms with Crippen molar-refractivity contribution < 1.29 is 48.7 Å². The summed E-state index contributed by atoms with van der Waals surface area (Å²) in [5.41, 5.74) is 4.14. The van der Waals surface area contributed by atoms with Crippen LogP contribution in [0.2, 0.25) is 0 Å². The zero-order valence-corrected chi connectivity index (χ0v) is 29.9. The van der Waals surface area contributed by atoms with Gasteiger partial charge in [-0.05, 0) is 78.1 Å². The number of aliphatic hydroxyl groups excluding tert-OH is 1. The van der Waals surface area contributed by atoms with Gasteiger partial charge in [0.25, 0.3) is 0 Å². The number of methoxy groups -OCH3 is 2. The Balaban J connectivity index is 0.000000238. The van der Waals surface area contributed by atoms with Crippen LogP contribution in [0.15, 0.2) is 94.7 Å². The predicted octanol–water partition coefficient (Wildman–Crippen LogP) is 7.72. The highest BCUT2D eigenvalue weighted by Gasteiger charge is 2.12. The molecule has 4 aromatic carbocycles. The normalized spacial score (nSPS) is 11.7. The number of hydrogen-bond donors (Lipinski definition) is 3. The molecule has 0 saturated carbocycles. The van der Waals surface area contributed by atoms with E-state index in [0.717, 1.165) is 56.8 Å². The number of hydrogen-bond acceptors (Lipinski definition) is 10. The lowest BCUT2D eigenvalue weighted by molar-refractivity contribution is -0.142. The van der Waals surface area contributed by atoms with Crippen LogP contribution in [-0.2, 0) is 39.0 Å². The zero-order chi connectivity index (χ0) is 36.3. The van der Waals surface area contributed by atoms with Crippen LogP contribution in [0.25, 0.3) is 0 Å². The Kier molecular flexibility index (Phi) is 17.2. The Bertz CT molecular complexity index is 1660. The highest BCUT2D eigenvalue weighted by molar-refractivity contribution is 7.98. The fourth-order valence-corrected chi connectivity index (χ4v) is 6.43. The maximum absolute atomic E-state index is 11.2. The molecule has 1 fully saturated rings. The predicted molar refractivity (Wildman–Crippen MR) is 193 cm³/mol. The fraction of sp³-hybridized carbons (Fsp3) is 0.289. The molecule has 0 atom stereocenters. The van der Waals surface area contributed by atoms with Gasteiger partial charge in [-0.1, -0.05) is 36.4 Å². The van der Waals surface area contributed by atoms with Crippen molar-refractivity contribution in [2.24, 2.45) is 0 Å². The van der Waals surface area contributed by atoms with Gasteiger partial charge in [0.2, 0.25) is 0 Å². The summed E-state index contributed by atoms with van der Waals surface area (Å²) in [6, 6.07) is 24.9. The van der Waals surface area contributed by atoms with Crippen LogP contribution in [0.4, 0.5) is 0 Å². The molecule has 50 heavy (non-hydrogen) atoms. The fourth-order valence-electron chi connectivity index (χ4n) is 4.35. The Morgan fingerprint density at radius 2 is 1.12 bits per heavy atom. The van der Waals surface area contributed by atoms with E-state index in [-0.39, 0.29) is 30.3 Å². The summed E-state index contributed by atoms with van der Waals surface area (Å²) in [6.45, 7) is 3.36. The van der Waals surface area contributed by atoms with E-state index in [9.17, 15) is 19.5 Å². The quantitative estimate of drug-likeness (QED) is 0.0916. The molecule has 0 aromatic heterocycles. The molecule has 4 aromatic rings. The first kappa shape index (κ1) is 39.9. The van der Waals surface area contributed by atoms with Crippen molar-refractivity contribution in [1.29, 1.82) is 0 Å². The summed E-state index contributed by atoms with van der Waals surface area (Å²) in [5, 5.41) is 27.5. The van der Waals surface area contributed by atoms with Gasteiger partial charge in [-0.3, -0.25) is 4.79 Å². The molecule has 0 radical (unpaired) electrons. The molecule has 0 spiro atoms. The Hall–Kier alpha value is -4.49. The molecule has 1 saturated heterocycles. The average Bonchev–Trinajstić information content (AvgIpc) is 3.73. The Morgan fingerprint density at radius 3 is 1.48 bits per heavy atom. The van der Waals surface area contributed by atoms with Crippen molar-refractivity contribution in [2.75, 3.05) is 27.4 Å². The second kappa shape index (κ2) is 21.6. The smallest absolute Gasteiger partial charge is 0.335 e. The molecule has 0 bridgehead atoms. The molecule has 1 heterocycles. The van der Waals surface area contributed by atoms with Gasteiger partial charge in [0.1, 0.15) is 18.1 Å². The van der Waals surface area contributed by atoms with Gasteiger partial charge >= 0.3 is 17.9 Å². The Morgan fingerprint density at radius 1 is 0.680 bits per heavy atom. The van der Waals surface area contributed by atoms with Crippen LogP contribution in [0.5, 0.6) is 11.5 Å². The molecule has 1 aliphatic heterocycles. The number of carboxylic acid groups (broad SMARTS) is 2. The number of benzene rings is 4. The van der Waals surface area contributed by atoms with E-state index in [2.05, 4.69) is 0 Å². The molecular weight excluding hydrogens is 681 g/mol. The monoisotopic (exact) mass is 722 g/mol. The van der Waals surface area contributed by atoms with Crippen molar-refractivity contribution in [1.82, 2.24) is 0 Å². The number of thioether (sulfide) groups is 2. The van der Waals surface area contributed by atoms with E-state index in [1.165, 1.54) is 55.4 Å². The summed E-state index contributed by atoms with van der Waals surface area (Å²) < 4.78 is 20.2. The van der Waals surface area contributed by atoms with E-state index in [1.54, 1.807) is 38.5 Å². The minimum Gasteiger partial charge on any atom is -0.497 e. The summed E-state index contributed by atoms with van der Waals surface area (Å²) in [7, 11) is 3.23. The number of carbonyl (C=O) groups is 3. The maximum Gasteiger partial charge on any atom is 0.335 e. The van der Waals surface area contributed by atoms with Crippen LogP contribution >= 0.6 is 23.5 Å². The van der Waals surface area contributed by atoms with Gasteiger partial charge in [-0.15, -0.1) is 23.5 Å². The number of rotatable bonds is 13. The van der Waals surface area contributed by atoms with Crippen molar-refractivity contribution in [3.05, 3.63) is 118 Å². The molecular formula is C38H42O10S2. The molecule has 1 aliphatic rings. The second-order valence-corrected chi connectivity index (χ2v) is 12.8. The topological polar surface area (TPSA) is 149 Å². The van der Waals surface area contributed by atoms with Crippen molar-refractivity contribution in [2.45, 2.75) is 54.3 Å². The zero-order valence-electron chi connectivity index (χ0n) is 28.3. The summed E-state index contributed by atoms with van der Waals surface area (Å²) >= 11 is 3.01. The third-order valence-corrected chi connectivity index (χ3v) is 9.50. The summed E-state index contributed by atoms with van der Waals surface area (Å²) in [6.07, 6.45) is 2.56. The third kappa shape index (κ3) is 13.8. The van der Waals surface area contributed by atoms with Gasteiger partial charge in [-0.25, -0.2) is 9.59 Å². The number of carbonyl (C=O) groups excluding carboxylic acids is 1. The first-order valence-electron chi connectivity index (χ1n) is 15.7. The highest BCUT2D eigenvalue weighted by Crippen LogP contribution is 2.30. The van der Waals surface area contributed by atoms with Crippen molar-refractivity contribution in [3.8, 4) is 11.5 Å². The van der Waals surface area contributed by atoms with Gasteiger partial charge in [-0.2, -0.15) is 0 Å². The number of ether oxygens (including phenoxy) is 4. The van der Waals surface area contributed by atoms with Gasteiger partial charge in [0.15, 0.2) is 0 Å². The first-order valence-corrected chi connectivity index (χ1v) is 17.7. The number of esters is 1. The van der Waals surface area contributed by atoms with E-state index in [0.29, 0.717) is 11.5 Å². The van der Waals surface area contributed by atoms with E-state index < -0.39 is 11.9 Å². The van der Waals surface area contributed by atoms with E-state index in [4.69, 9.17) is 29.2 Å². The average molecular weight is 723 g/mol. The molecule has 0 unspecified atom stereocenters. The van der Waals surface area contributed by atoms with Crippen LogP contribution in [0.3, 0.4) is 0 Å². The van der Waals surface area contributed by atoms with Crippen LogP contribution in [0.1, 0.15) is 62.7 Å². The minimum atomic E-state index is -0.986. The standard InChI is InChI=1S/C18H18O5S.C16H16O4S.C4H8O/c1-12(19)23-10-15-6-5-14(18(20)21)9-17(15)24-11-13-3-7-16(22-2)8-4-13;1-20-14-6-2-11(3-7-14)10-21-15-8-12(16(18)19)4-5-13(15)9-17;1-2-4-5-3-1/h3-9H,10-11H2,1-2H3,(H,20,21);2-8,17H,9-10H2,1H3,(H,18,19);1-4H2. The molecule has 5 rings (SSSR count). The number of carboxylic acids is 2. The van der Waals surface area contributed by atoms with E-state index >= 15 is 0 Å². The van der Waals surface area contributed by atoms with Gasteiger partial charge in [0, 0.05) is 47.0 Å². The van der Waals surface area contributed by atoms with Crippen molar-refractivity contribution in [3.63, 3.8) is 0 Å². The van der Waals surface area contributed by atoms with Crippen LogP contribution < -0.4 is 9.47 Å². The lowest BCUT2D eigenvalue weighted by atomic mass is 10.1. The molecule has 10 nitrogen and oxygen atoms in total. The van der Waals surface area contributed by atoms with Crippen molar-refractivity contribution >= 4 is 41.4 Å². The molecule has 12 heteroatoms. The summed E-state index contributed by atoms with van der Waals surface area (Å²) in [5.74, 6) is 0.620. The Labute approximate surface area is 300 Å². The van der Waals surface area contributed by atoms with Gasteiger partial charge < -0.3 is 34.3 Å². The lowest BCUT2D eigenvalue weighted by Gasteiger charge is -2.11. The van der Waals surface area contributed by atoms with Gasteiger partial charge in [0.05, 0.1) is 32.0 Å².